The smallest absolute Gasteiger partial charge is 0.156 e. The molecule has 1 saturated heterocycles. The summed E-state index contributed by atoms with van der Waals surface area (Å²) in [7, 11) is 0. The summed E-state index contributed by atoms with van der Waals surface area (Å²) in [6.07, 6.45) is 4.90. The monoisotopic (exact) mass is 365 g/mol. The maximum Gasteiger partial charge on any atom is 0.156 e. The van der Waals surface area contributed by atoms with Gasteiger partial charge in [0.1, 0.15) is 5.69 Å². The first-order chi connectivity index (χ1) is 13.1. The van der Waals surface area contributed by atoms with Crippen LogP contribution in [0.2, 0.25) is 0 Å². The second-order valence-electron chi connectivity index (χ2n) is 6.73. The minimum Gasteiger partial charge on any atom is -0.387 e. The molecule has 140 valence electrons. The summed E-state index contributed by atoms with van der Waals surface area (Å²) < 4.78 is 5.43. The van der Waals surface area contributed by atoms with Gasteiger partial charge in [0, 0.05) is 36.7 Å². The van der Waals surface area contributed by atoms with Gasteiger partial charge in [-0.2, -0.15) is 0 Å². The highest BCUT2D eigenvalue weighted by Crippen LogP contribution is 2.27. The maximum absolute atomic E-state index is 9.83. The molecule has 0 spiro atoms. The molecule has 3 aromatic rings. The maximum atomic E-state index is 9.83. The number of anilines is 1. The van der Waals surface area contributed by atoms with E-state index < -0.39 is 6.10 Å². The van der Waals surface area contributed by atoms with E-state index in [1.807, 2.05) is 31.5 Å². The van der Waals surface area contributed by atoms with Crippen molar-refractivity contribution in [2.45, 2.75) is 20.0 Å². The zero-order valence-corrected chi connectivity index (χ0v) is 15.5. The quantitative estimate of drug-likeness (QED) is 0.739. The van der Waals surface area contributed by atoms with Gasteiger partial charge >= 0.3 is 0 Å². The lowest BCUT2D eigenvalue weighted by molar-refractivity contribution is 0.122. The van der Waals surface area contributed by atoms with E-state index in [1.165, 1.54) is 0 Å². The van der Waals surface area contributed by atoms with Crippen molar-refractivity contribution in [1.29, 1.82) is 0 Å². The Morgan fingerprint density at radius 1 is 1.19 bits per heavy atom. The van der Waals surface area contributed by atoms with Gasteiger partial charge in [-0.05, 0) is 37.6 Å². The van der Waals surface area contributed by atoms with Crippen molar-refractivity contribution in [2.24, 2.45) is 0 Å². The standard InChI is InChI=1S/C20H23N5O2/c1-13-19(14(2)26)24-20(23-13)18-10-15(3-4-22-18)16-9-17(12-21-11-16)25-5-7-27-8-6-25/h3-4,9-12,14,26H,5-8H2,1-2H3,(H,23,24). The topological polar surface area (TPSA) is 87.2 Å². The summed E-state index contributed by atoms with van der Waals surface area (Å²) in [6.45, 7) is 6.85. The predicted octanol–water partition coefficient (Wildman–Crippen LogP) is 2.73. The van der Waals surface area contributed by atoms with Crippen molar-refractivity contribution in [1.82, 2.24) is 19.9 Å². The van der Waals surface area contributed by atoms with Crippen LogP contribution < -0.4 is 4.90 Å². The number of aliphatic hydroxyl groups excluding tert-OH is 1. The first-order valence-corrected chi connectivity index (χ1v) is 9.11. The van der Waals surface area contributed by atoms with Crippen LogP contribution in [0.5, 0.6) is 0 Å². The second kappa shape index (κ2) is 7.46. The van der Waals surface area contributed by atoms with E-state index in [2.05, 4.69) is 30.9 Å². The van der Waals surface area contributed by atoms with E-state index in [9.17, 15) is 5.11 Å². The Morgan fingerprint density at radius 3 is 2.74 bits per heavy atom. The summed E-state index contributed by atoms with van der Waals surface area (Å²) in [4.78, 5) is 18.9. The third-order valence-corrected chi connectivity index (χ3v) is 4.75. The summed E-state index contributed by atoms with van der Waals surface area (Å²) in [5, 5.41) is 9.83. The molecule has 7 heteroatoms. The Hall–Kier alpha value is -2.77. The highest BCUT2D eigenvalue weighted by Gasteiger charge is 2.15. The fraction of sp³-hybridized carbons (Fsp3) is 0.350. The minimum atomic E-state index is -0.618. The SMILES string of the molecule is Cc1[nH]c(-c2cc(-c3cncc(N4CCOCC4)c3)ccn2)nc1C(C)O. The Kier molecular flexibility index (Phi) is 4.87. The number of aromatic amines is 1. The normalized spacial score (nSPS) is 15.7. The molecule has 1 aliphatic heterocycles. The molecule has 1 atom stereocenters. The van der Waals surface area contributed by atoms with Crippen LogP contribution >= 0.6 is 0 Å². The zero-order valence-electron chi connectivity index (χ0n) is 15.5. The number of rotatable bonds is 4. The Bertz CT molecular complexity index is 932. The molecule has 0 radical (unpaired) electrons. The van der Waals surface area contributed by atoms with Crippen LogP contribution in [0.4, 0.5) is 5.69 Å². The van der Waals surface area contributed by atoms with Gasteiger partial charge in [0.25, 0.3) is 0 Å². The number of morpholine rings is 1. The number of H-pyrrole nitrogens is 1. The molecule has 4 heterocycles. The van der Waals surface area contributed by atoms with Gasteiger partial charge in [-0.1, -0.05) is 0 Å². The molecule has 0 amide bonds. The average molecular weight is 365 g/mol. The Balaban J connectivity index is 1.65. The molecule has 4 rings (SSSR count). The molecule has 1 fully saturated rings. The van der Waals surface area contributed by atoms with Gasteiger partial charge in [-0.25, -0.2) is 4.98 Å². The van der Waals surface area contributed by atoms with Crippen LogP contribution in [0.15, 0.2) is 36.8 Å². The Morgan fingerprint density at radius 2 is 2.00 bits per heavy atom. The number of aliphatic hydroxyl groups is 1. The number of imidazole rings is 1. The number of aromatic nitrogens is 4. The van der Waals surface area contributed by atoms with Crippen LogP contribution in [-0.4, -0.2) is 51.3 Å². The largest absolute Gasteiger partial charge is 0.387 e. The van der Waals surface area contributed by atoms with E-state index >= 15 is 0 Å². The first kappa shape index (κ1) is 17.6. The van der Waals surface area contributed by atoms with Crippen molar-refractivity contribution >= 4 is 5.69 Å². The zero-order chi connectivity index (χ0) is 18.8. The number of pyridine rings is 2. The van der Waals surface area contributed by atoms with Gasteiger partial charge in [-0.15, -0.1) is 0 Å². The number of nitrogens with one attached hydrogen (secondary N) is 1. The van der Waals surface area contributed by atoms with Crippen molar-refractivity contribution in [3.63, 3.8) is 0 Å². The van der Waals surface area contributed by atoms with Crippen molar-refractivity contribution in [3.8, 4) is 22.6 Å². The lowest BCUT2D eigenvalue weighted by Crippen LogP contribution is -2.36. The molecule has 0 saturated carbocycles. The molecule has 2 N–H and O–H groups in total. The van der Waals surface area contributed by atoms with Crippen LogP contribution in [0, 0.1) is 6.92 Å². The molecule has 0 aromatic carbocycles. The molecule has 1 aliphatic rings. The van der Waals surface area contributed by atoms with Crippen molar-refractivity contribution in [3.05, 3.63) is 48.2 Å². The molecule has 7 nitrogen and oxygen atoms in total. The van der Waals surface area contributed by atoms with E-state index in [4.69, 9.17) is 4.74 Å². The predicted molar refractivity (Wildman–Crippen MR) is 103 cm³/mol. The van der Waals surface area contributed by atoms with Gasteiger partial charge in [0.2, 0.25) is 0 Å². The highest BCUT2D eigenvalue weighted by atomic mass is 16.5. The van der Waals surface area contributed by atoms with Gasteiger partial charge in [0.15, 0.2) is 5.82 Å². The van der Waals surface area contributed by atoms with Crippen LogP contribution in [0.25, 0.3) is 22.6 Å². The van der Waals surface area contributed by atoms with E-state index in [1.54, 1.807) is 13.1 Å². The molecular formula is C20H23N5O2. The number of nitrogens with zero attached hydrogens (tertiary/aromatic N) is 4. The molecular weight excluding hydrogens is 342 g/mol. The van der Waals surface area contributed by atoms with E-state index in [0.717, 1.165) is 54.5 Å². The fourth-order valence-electron chi connectivity index (χ4n) is 3.32. The van der Waals surface area contributed by atoms with Crippen molar-refractivity contribution < 1.29 is 9.84 Å². The van der Waals surface area contributed by atoms with Crippen LogP contribution in [-0.2, 0) is 4.74 Å². The van der Waals surface area contributed by atoms with Gasteiger partial charge in [0.05, 0.1) is 36.9 Å². The Labute approximate surface area is 158 Å². The third-order valence-electron chi connectivity index (χ3n) is 4.75. The summed E-state index contributed by atoms with van der Waals surface area (Å²) >= 11 is 0. The average Bonchev–Trinajstić information content (AvgIpc) is 3.11. The molecule has 3 aromatic heterocycles. The fourth-order valence-corrected chi connectivity index (χ4v) is 3.32. The van der Waals surface area contributed by atoms with E-state index in [-0.39, 0.29) is 0 Å². The first-order valence-electron chi connectivity index (χ1n) is 9.11. The number of aryl methyl sites for hydroxylation is 1. The minimum absolute atomic E-state index is 0.618. The third kappa shape index (κ3) is 3.70. The van der Waals surface area contributed by atoms with Gasteiger partial charge in [-0.3, -0.25) is 9.97 Å². The highest BCUT2D eigenvalue weighted by molar-refractivity contribution is 5.70. The number of hydrogen-bond donors (Lipinski definition) is 2. The van der Waals surface area contributed by atoms with E-state index in [0.29, 0.717) is 11.5 Å². The van der Waals surface area contributed by atoms with Crippen molar-refractivity contribution in [2.75, 3.05) is 31.2 Å². The summed E-state index contributed by atoms with van der Waals surface area (Å²) in [5.74, 6) is 0.655. The van der Waals surface area contributed by atoms with Crippen LogP contribution in [0.3, 0.4) is 0 Å². The van der Waals surface area contributed by atoms with Gasteiger partial charge < -0.3 is 19.7 Å². The molecule has 27 heavy (non-hydrogen) atoms. The number of hydrogen-bond acceptors (Lipinski definition) is 6. The molecule has 1 unspecified atom stereocenters. The number of ether oxygens (including phenoxy) is 1. The second-order valence-corrected chi connectivity index (χ2v) is 6.73. The van der Waals surface area contributed by atoms with Crippen LogP contribution in [0.1, 0.15) is 24.4 Å². The summed E-state index contributed by atoms with van der Waals surface area (Å²) in [5.41, 5.74) is 5.38. The molecule has 0 aliphatic carbocycles. The summed E-state index contributed by atoms with van der Waals surface area (Å²) in [6, 6.07) is 6.10. The lowest BCUT2D eigenvalue weighted by atomic mass is 10.1. The molecule has 0 bridgehead atoms. The lowest BCUT2D eigenvalue weighted by Gasteiger charge is -2.28.